The summed E-state index contributed by atoms with van der Waals surface area (Å²) in [5.41, 5.74) is 4.88. The van der Waals surface area contributed by atoms with Crippen molar-refractivity contribution >= 4 is 34.4 Å². The Bertz CT molecular complexity index is 1540. The van der Waals surface area contributed by atoms with E-state index >= 15 is 0 Å². The molecule has 1 aromatic carbocycles. The Morgan fingerprint density at radius 2 is 1.90 bits per heavy atom. The third-order valence-corrected chi connectivity index (χ3v) is 7.16. The number of anilines is 2. The number of rotatable bonds is 9. The molecule has 1 fully saturated rings. The smallest absolute Gasteiger partial charge is 0.270 e. The molecule has 0 bridgehead atoms. The number of aromatic amines is 1. The highest BCUT2D eigenvalue weighted by molar-refractivity contribution is 5.99. The zero-order valence-corrected chi connectivity index (χ0v) is 23.6. The van der Waals surface area contributed by atoms with E-state index < -0.39 is 0 Å². The van der Waals surface area contributed by atoms with Crippen molar-refractivity contribution in [3.8, 4) is 11.3 Å². The number of hydrogen-bond donors (Lipinski definition) is 4. The molecule has 0 spiro atoms. The SMILES string of the molecule is Cc1cnc(N[C@@H]2CCC[C@H](NC(=O)c3ccc(NC(=O)/C=C/CN(C)C)cn3)C2)nc1-c1c[nH]c2ccccc12. The van der Waals surface area contributed by atoms with Crippen molar-refractivity contribution in [1.82, 2.24) is 30.2 Å². The number of likely N-dealkylation sites (N-methyl/N-ethyl adjacent to an activating group) is 1. The van der Waals surface area contributed by atoms with Crippen molar-refractivity contribution < 1.29 is 9.59 Å². The number of aryl methyl sites for hydroxylation is 1. The van der Waals surface area contributed by atoms with Crippen LogP contribution >= 0.6 is 0 Å². The van der Waals surface area contributed by atoms with Crippen LogP contribution in [-0.2, 0) is 4.79 Å². The zero-order chi connectivity index (χ0) is 28.8. The van der Waals surface area contributed by atoms with Gasteiger partial charge in [-0.15, -0.1) is 0 Å². The molecule has 10 nitrogen and oxygen atoms in total. The van der Waals surface area contributed by atoms with Crippen LogP contribution in [-0.4, -0.2) is 69.4 Å². The van der Waals surface area contributed by atoms with Gasteiger partial charge in [0.15, 0.2) is 0 Å². The molecule has 1 saturated carbocycles. The quantitative estimate of drug-likeness (QED) is 0.225. The van der Waals surface area contributed by atoms with E-state index in [4.69, 9.17) is 4.98 Å². The topological polar surface area (TPSA) is 128 Å². The monoisotopic (exact) mass is 552 g/mol. The molecule has 5 rings (SSSR count). The van der Waals surface area contributed by atoms with Gasteiger partial charge >= 0.3 is 0 Å². The lowest BCUT2D eigenvalue weighted by molar-refractivity contribution is -0.111. The molecule has 4 aromatic rings. The number of carbonyl (C=O) groups excluding carboxylic acids is 2. The maximum atomic E-state index is 12.9. The zero-order valence-electron chi connectivity index (χ0n) is 23.6. The summed E-state index contributed by atoms with van der Waals surface area (Å²) in [5, 5.41) is 10.5. The van der Waals surface area contributed by atoms with E-state index in [2.05, 4.69) is 43.0 Å². The maximum Gasteiger partial charge on any atom is 0.270 e. The lowest BCUT2D eigenvalue weighted by atomic mass is 9.91. The van der Waals surface area contributed by atoms with E-state index in [1.165, 1.54) is 12.3 Å². The van der Waals surface area contributed by atoms with Crippen molar-refractivity contribution in [2.24, 2.45) is 0 Å². The molecule has 2 atom stereocenters. The Kier molecular flexibility index (Phi) is 8.69. The van der Waals surface area contributed by atoms with Gasteiger partial charge in [-0.2, -0.15) is 0 Å². The molecular weight excluding hydrogens is 516 g/mol. The average molecular weight is 553 g/mol. The van der Waals surface area contributed by atoms with Gasteiger partial charge in [-0.1, -0.05) is 24.3 Å². The highest BCUT2D eigenvalue weighted by Gasteiger charge is 2.25. The molecule has 3 heterocycles. The number of H-pyrrole nitrogens is 1. The molecule has 0 unspecified atom stereocenters. The summed E-state index contributed by atoms with van der Waals surface area (Å²) >= 11 is 0. The van der Waals surface area contributed by atoms with Crippen molar-refractivity contribution in [3.63, 3.8) is 0 Å². The van der Waals surface area contributed by atoms with Crippen LogP contribution in [0.2, 0.25) is 0 Å². The standard InChI is InChI=1S/C31H36N8O2/c1-20-17-34-31(38-29(20)25-19-33-26-11-5-4-10-24(25)26)37-22-9-6-8-21(16-22)36-30(41)27-14-13-23(18-32-27)35-28(40)12-7-15-39(2)3/h4-5,7,10-14,17-19,21-22,33H,6,8-9,15-16H2,1-3H3,(H,35,40)(H,36,41)(H,34,37,38)/b12-7+/t21-,22+/m0/s1. The minimum atomic E-state index is -0.238. The normalized spacial score (nSPS) is 17.2. The van der Waals surface area contributed by atoms with Crippen molar-refractivity contribution in [2.45, 2.75) is 44.7 Å². The summed E-state index contributed by atoms with van der Waals surface area (Å²) in [6.07, 6.45) is 12.2. The number of pyridine rings is 1. The van der Waals surface area contributed by atoms with E-state index in [0.29, 0.717) is 23.9 Å². The lowest BCUT2D eigenvalue weighted by Gasteiger charge is -2.30. The molecular formula is C31H36N8O2. The first-order valence-electron chi connectivity index (χ1n) is 13.9. The number of aromatic nitrogens is 4. The van der Waals surface area contributed by atoms with Gasteiger partial charge in [0.05, 0.1) is 17.6 Å². The second-order valence-corrected chi connectivity index (χ2v) is 10.7. The fourth-order valence-corrected chi connectivity index (χ4v) is 5.10. The van der Waals surface area contributed by atoms with E-state index in [1.54, 1.807) is 18.2 Å². The van der Waals surface area contributed by atoms with Crippen LogP contribution in [0.25, 0.3) is 22.2 Å². The summed E-state index contributed by atoms with van der Waals surface area (Å²) in [7, 11) is 3.86. The Labute approximate surface area is 239 Å². The number of nitrogens with zero attached hydrogens (tertiary/aromatic N) is 4. The van der Waals surface area contributed by atoms with E-state index in [-0.39, 0.29) is 23.9 Å². The summed E-state index contributed by atoms with van der Waals surface area (Å²) in [5.74, 6) is 0.119. The number of amides is 2. The summed E-state index contributed by atoms with van der Waals surface area (Å²) in [6, 6.07) is 11.6. The van der Waals surface area contributed by atoms with Gasteiger partial charge in [-0.05, 0) is 70.5 Å². The molecule has 0 saturated heterocycles. The second-order valence-electron chi connectivity index (χ2n) is 10.7. The highest BCUT2D eigenvalue weighted by Crippen LogP contribution is 2.30. The van der Waals surface area contributed by atoms with Crippen LogP contribution in [0.15, 0.2) is 67.1 Å². The Balaban J connectivity index is 1.17. The third-order valence-electron chi connectivity index (χ3n) is 7.16. The lowest BCUT2D eigenvalue weighted by Crippen LogP contribution is -2.42. The van der Waals surface area contributed by atoms with Gasteiger partial charge in [0.2, 0.25) is 11.9 Å². The minimum absolute atomic E-state index is 0.00954. The second kappa shape index (κ2) is 12.7. The number of nitrogens with one attached hydrogen (secondary N) is 4. The molecule has 1 aliphatic carbocycles. The van der Waals surface area contributed by atoms with E-state index in [0.717, 1.165) is 53.4 Å². The molecule has 1 aliphatic rings. The van der Waals surface area contributed by atoms with Crippen molar-refractivity contribution in [3.05, 3.63) is 78.4 Å². The average Bonchev–Trinajstić information content (AvgIpc) is 3.38. The largest absolute Gasteiger partial charge is 0.360 e. The predicted molar refractivity (Wildman–Crippen MR) is 162 cm³/mol. The summed E-state index contributed by atoms with van der Waals surface area (Å²) in [4.78, 5) is 43.9. The fraction of sp³-hybridized carbons (Fsp3) is 0.323. The minimum Gasteiger partial charge on any atom is -0.360 e. The molecule has 3 aromatic heterocycles. The van der Waals surface area contributed by atoms with Crippen LogP contribution in [0.3, 0.4) is 0 Å². The molecule has 4 N–H and O–H groups in total. The van der Waals surface area contributed by atoms with Gasteiger partial charge in [-0.3, -0.25) is 9.59 Å². The van der Waals surface area contributed by atoms with E-state index in [9.17, 15) is 9.59 Å². The highest BCUT2D eigenvalue weighted by atomic mass is 16.2. The fourth-order valence-electron chi connectivity index (χ4n) is 5.10. The number of carbonyl (C=O) groups is 2. The number of benzene rings is 1. The predicted octanol–water partition coefficient (Wildman–Crippen LogP) is 4.54. The summed E-state index contributed by atoms with van der Waals surface area (Å²) in [6.45, 7) is 2.69. The number of para-hydroxylation sites is 1. The first kappa shape index (κ1) is 28.0. The third kappa shape index (κ3) is 7.15. The molecule has 2 amide bonds. The molecule has 0 radical (unpaired) electrons. The van der Waals surface area contributed by atoms with Crippen LogP contribution in [0.4, 0.5) is 11.6 Å². The Morgan fingerprint density at radius 3 is 2.71 bits per heavy atom. The summed E-state index contributed by atoms with van der Waals surface area (Å²) < 4.78 is 0. The van der Waals surface area contributed by atoms with Crippen LogP contribution in [0.1, 0.15) is 41.7 Å². The molecule has 0 aliphatic heterocycles. The molecule has 41 heavy (non-hydrogen) atoms. The maximum absolute atomic E-state index is 12.9. The number of fused-ring (bicyclic) bond motifs is 1. The first-order valence-corrected chi connectivity index (χ1v) is 13.9. The van der Waals surface area contributed by atoms with E-state index in [1.807, 2.05) is 50.4 Å². The van der Waals surface area contributed by atoms with Crippen molar-refractivity contribution in [2.75, 3.05) is 31.3 Å². The Morgan fingerprint density at radius 1 is 1.07 bits per heavy atom. The van der Waals surface area contributed by atoms with Gasteiger partial charge in [0.1, 0.15) is 5.69 Å². The first-order chi connectivity index (χ1) is 19.9. The van der Waals surface area contributed by atoms with Gasteiger partial charge in [0.25, 0.3) is 5.91 Å². The van der Waals surface area contributed by atoms with Crippen molar-refractivity contribution in [1.29, 1.82) is 0 Å². The molecule has 212 valence electrons. The van der Waals surface area contributed by atoms with Gasteiger partial charge in [-0.25, -0.2) is 15.0 Å². The number of hydrogen-bond acceptors (Lipinski definition) is 7. The molecule has 10 heteroatoms. The Hall–Kier alpha value is -4.57. The van der Waals surface area contributed by atoms with Crippen LogP contribution in [0, 0.1) is 6.92 Å². The van der Waals surface area contributed by atoms with Gasteiger partial charge < -0.3 is 25.8 Å². The van der Waals surface area contributed by atoms with Crippen LogP contribution < -0.4 is 16.0 Å². The van der Waals surface area contributed by atoms with Gasteiger partial charge in [0, 0.05) is 53.6 Å². The van der Waals surface area contributed by atoms with Crippen LogP contribution in [0.5, 0.6) is 0 Å².